The highest BCUT2D eigenvalue weighted by molar-refractivity contribution is 5.68. The van der Waals surface area contributed by atoms with E-state index >= 15 is 0 Å². The molecule has 0 atom stereocenters. The highest BCUT2D eigenvalue weighted by atomic mass is 15.2. The summed E-state index contributed by atoms with van der Waals surface area (Å²) < 4.78 is 1.75. The van der Waals surface area contributed by atoms with E-state index < -0.39 is 0 Å². The standard InChI is InChI=1S/C12H13N5/c1-17-8-10(7-16-17)6-15-12-3-2-9(5-13)4-11(12)14/h2-4,7-8,15H,6,14H2,1H3. The number of aromatic nitrogens is 2. The van der Waals surface area contributed by atoms with Crippen molar-refractivity contribution in [3.63, 3.8) is 0 Å². The number of aryl methyl sites for hydroxylation is 1. The molecular weight excluding hydrogens is 214 g/mol. The van der Waals surface area contributed by atoms with Crippen molar-refractivity contribution in [2.75, 3.05) is 11.1 Å². The quantitative estimate of drug-likeness (QED) is 0.778. The van der Waals surface area contributed by atoms with Crippen molar-refractivity contribution < 1.29 is 0 Å². The molecule has 3 N–H and O–H groups in total. The van der Waals surface area contributed by atoms with Crippen molar-refractivity contribution in [1.82, 2.24) is 9.78 Å². The van der Waals surface area contributed by atoms with Crippen LogP contribution in [0.5, 0.6) is 0 Å². The molecule has 2 aromatic rings. The van der Waals surface area contributed by atoms with Gasteiger partial charge in [0.2, 0.25) is 0 Å². The van der Waals surface area contributed by atoms with Gasteiger partial charge >= 0.3 is 0 Å². The minimum absolute atomic E-state index is 0.564. The number of anilines is 2. The maximum atomic E-state index is 8.73. The molecule has 0 amide bonds. The molecule has 86 valence electrons. The van der Waals surface area contributed by atoms with Crippen LogP contribution >= 0.6 is 0 Å². The Morgan fingerprint density at radius 3 is 2.94 bits per heavy atom. The summed E-state index contributed by atoms with van der Waals surface area (Å²) in [4.78, 5) is 0. The van der Waals surface area contributed by atoms with E-state index in [2.05, 4.69) is 16.5 Å². The molecule has 1 heterocycles. The number of nitrogens with zero attached hydrogens (tertiary/aromatic N) is 3. The Balaban J connectivity index is 2.07. The average molecular weight is 227 g/mol. The van der Waals surface area contributed by atoms with E-state index in [0.29, 0.717) is 17.8 Å². The second kappa shape index (κ2) is 4.58. The molecule has 5 heteroatoms. The number of hydrogen-bond acceptors (Lipinski definition) is 4. The van der Waals surface area contributed by atoms with E-state index in [4.69, 9.17) is 11.0 Å². The molecule has 17 heavy (non-hydrogen) atoms. The van der Waals surface area contributed by atoms with Gasteiger partial charge in [0.05, 0.1) is 29.2 Å². The number of nitrogen functional groups attached to an aromatic ring is 1. The molecule has 0 saturated heterocycles. The van der Waals surface area contributed by atoms with Crippen molar-refractivity contribution in [2.24, 2.45) is 7.05 Å². The summed E-state index contributed by atoms with van der Waals surface area (Å²) in [5.41, 5.74) is 8.88. The van der Waals surface area contributed by atoms with Gasteiger partial charge in [0.15, 0.2) is 0 Å². The Kier molecular flexibility index (Phi) is 2.97. The first-order valence-corrected chi connectivity index (χ1v) is 5.20. The second-order valence-corrected chi connectivity index (χ2v) is 3.79. The van der Waals surface area contributed by atoms with E-state index in [1.54, 1.807) is 23.0 Å². The smallest absolute Gasteiger partial charge is 0.0992 e. The van der Waals surface area contributed by atoms with E-state index in [0.717, 1.165) is 11.3 Å². The summed E-state index contributed by atoms with van der Waals surface area (Å²) in [6.07, 6.45) is 3.74. The van der Waals surface area contributed by atoms with Gasteiger partial charge < -0.3 is 11.1 Å². The minimum Gasteiger partial charge on any atom is -0.397 e. The molecule has 2 rings (SSSR count). The Morgan fingerprint density at radius 2 is 2.35 bits per heavy atom. The molecule has 1 aromatic heterocycles. The zero-order chi connectivity index (χ0) is 12.3. The third kappa shape index (κ3) is 2.55. The number of nitrogens with two attached hydrogens (primary N) is 1. The van der Waals surface area contributed by atoms with Crippen LogP contribution in [-0.2, 0) is 13.6 Å². The molecule has 5 nitrogen and oxygen atoms in total. The van der Waals surface area contributed by atoms with Crippen LogP contribution in [0.4, 0.5) is 11.4 Å². The van der Waals surface area contributed by atoms with Crippen molar-refractivity contribution in [3.8, 4) is 6.07 Å². The van der Waals surface area contributed by atoms with Crippen LogP contribution in [0.25, 0.3) is 0 Å². The van der Waals surface area contributed by atoms with Crippen molar-refractivity contribution in [1.29, 1.82) is 5.26 Å². The monoisotopic (exact) mass is 227 g/mol. The second-order valence-electron chi connectivity index (χ2n) is 3.79. The van der Waals surface area contributed by atoms with Gasteiger partial charge in [0.1, 0.15) is 0 Å². The first kappa shape index (κ1) is 11.0. The zero-order valence-electron chi connectivity index (χ0n) is 9.51. The molecule has 0 aliphatic carbocycles. The van der Waals surface area contributed by atoms with E-state index in [-0.39, 0.29) is 0 Å². The molecule has 0 saturated carbocycles. The number of benzene rings is 1. The Labute approximate surface area is 99.5 Å². The Bertz CT molecular complexity index is 565. The number of nitriles is 1. The fourth-order valence-electron chi connectivity index (χ4n) is 1.55. The van der Waals surface area contributed by atoms with Crippen molar-refractivity contribution in [2.45, 2.75) is 6.54 Å². The Morgan fingerprint density at radius 1 is 1.53 bits per heavy atom. The lowest BCUT2D eigenvalue weighted by atomic mass is 10.2. The molecule has 0 spiro atoms. The molecular formula is C12H13N5. The zero-order valence-corrected chi connectivity index (χ0v) is 9.51. The topological polar surface area (TPSA) is 79.7 Å². The van der Waals surface area contributed by atoms with Crippen LogP contribution in [0.15, 0.2) is 30.6 Å². The van der Waals surface area contributed by atoms with Gasteiger partial charge in [-0.05, 0) is 18.2 Å². The minimum atomic E-state index is 0.564. The van der Waals surface area contributed by atoms with Crippen LogP contribution in [0.3, 0.4) is 0 Å². The van der Waals surface area contributed by atoms with Crippen LogP contribution in [0, 0.1) is 11.3 Å². The molecule has 0 bridgehead atoms. The fraction of sp³-hybridized carbons (Fsp3) is 0.167. The first-order valence-electron chi connectivity index (χ1n) is 5.20. The predicted octanol–water partition coefficient (Wildman–Crippen LogP) is 1.49. The number of rotatable bonds is 3. The van der Waals surface area contributed by atoms with E-state index in [1.165, 1.54) is 0 Å². The predicted molar refractivity (Wildman–Crippen MR) is 66.1 cm³/mol. The lowest BCUT2D eigenvalue weighted by Gasteiger charge is -2.08. The molecule has 0 unspecified atom stereocenters. The molecule has 0 aliphatic rings. The van der Waals surface area contributed by atoms with Gasteiger partial charge in [0.25, 0.3) is 0 Å². The summed E-state index contributed by atoms with van der Waals surface area (Å²) in [5, 5.41) is 16.0. The van der Waals surface area contributed by atoms with E-state index in [1.807, 2.05) is 19.3 Å². The Hall–Kier alpha value is -2.48. The maximum Gasteiger partial charge on any atom is 0.0992 e. The van der Waals surface area contributed by atoms with Crippen LogP contribution in [-0.4, -0.2) is 9.78 Å². The first-order chi connectivity index (χ1) is 8.19. The summed E-state index contributed by atoms with van der Waals surface area (Å²) in [7, 11) is 1.87. The van der Waals surface area contributed by atoms with E-state index in [9.17, 15) is 0 Å². The summed E-state index contributed by atoms with van der Waals surface area (Å²) in [5.74, 6) is 0. The van der Waals surface area contributed by atoms with Crippen LogP contribution < -0.4 is 11.1 Å². The van der Waals surface area contributed by atoms with Gasteiger partial charge in [-0.25, -0.2) is 0 Å². The van der Waals surface area contributed by atoms with Gasteiger partial charge in [-0.3, -0.25) is 4.68 Å². The third-order valence-electron chi connectivity index (χ3n) is 2.42. The molecule has 0 fully saturated rings. The SMILES string of the molecule is Cn1cc(CNc2ccc(C#N)cc2N)cn1. The lowest BCUT2D eigenvalue weighted by Crippen LogP contribution is -2.02. The molecule has 1 aromatic carbocycles. The number of hydrogen-bond donors (Lipinski definition) is 2. The van der Waals surface area contributed by atoms with Gasteiger partial charge in [-0.2, -0.15) is 10.4 Å². The molecule has 0 aliphatic heterocycles. The van der Waals surface area contributed by atoms with Crippen molar-refractivity contribution >= 4 is 11.4 Å². The highest BCUT2D eigenvalue weighted by Gasteiger charge is 2.01. The highest BCUT2D eigenvalue weighted by Crippen LogP contribution is 2.20. The largest absolute Gasteiger partial charge is 0.397 e. The van der Waals surface area contributed by atoms with Gasteiger partial charge in [-0.15, -0.1) is 0 Å². The van der Waals surface area contributed by atoms with Crippen LogP contribution in [0.1, 0.15) is 11.1 Å². The van der Waals surface area contributed by atoms with Crippen molar-refractivity contribution in [3.05, 3.63) is 41.7 Å². The van der Waals surface area contributed by atoms with Gasteiger partial charge in [-0.1, -0.05) is 0 Å². The van der Waals surface area contributed by atoms with Gasteiger partial charge in [0, 0.05) is 25.4 Å². The number of nitrogens with one attached hydrogen (secondary N) is 1. The summed E-state index contributed by atoms with van der Waals surface area (Å²) >= 11 is 0. The summed E-state index contributed by atoms with van der Waals surface area (Å²) in [6, 6.07) is 7.26. The van der Waals surface area contributed by atoms with Crippen LogP contribution in [0.2, 0.25) is 0 Å². The fourth-order valence-corrected chi connectivity index (χ4v) is 1.55. The maximum absolute atomic E-state index is 8.73. The lowest BCUT2D eigenvalue weighted by molar-refractivity contribution is 0.767. The average Bonchev–Trinajstić information content (AvgIpc) is 2.73. The normalized spacial score (nSPS) is 9.88. The molecule has 0 radical (unpaired) electrons. The third-order valence-corrected chi connectivity index (χ3v) is 2.42. The summed E-state index contributed by atoms with van der Waals surface area (Å²) in [6.45, 7) is 0.657.